The Morgan fingerprint density at radius 2 is 2.04 bits per heavy atom. The molecule has 4 rings (SSSR count). The van der Waals surface area contributed by atoms with Gasteiger partial charge in [-0.05, 0) is 21.5 Å². The number of nitrogens with zero attached hydrogens (tertiary/aromatic N) is 5. The van der Waals surface area contributed by atoms with E-state index in [4.69, 9.17) is 5.73 Å². The van der Waals surface area contributed by atoms with Crippen LogP contribution in [0, 0.1) is 0 Å². The highest BCUT2D eigenvalue weighted by atomic mass is 79.9. The smallest absolute Gasteiger partial charge is 0.293 e. The SMILES string of the molecule is N[C@@H]1CN(C(=O)c2nc3ncc(Br)cn3n2)C[C@H]1c1ccccc1. The predicted molar refractivity (Wildman–Crippen MR) is 91.5 cm³/mol. The number of benzene rings is 1. The Morgan fingerprint density at radius 3 is 2.83 bits per heavy atom. The van der Waals surface area contributed by atoms with Crippen molar-refractivity contribution in [2.24, 2.45) is 5.73 Å². The normalized spacial score (nSPS) is 20.7. The summed E-state index contributed by atoms with van der Waals surface area (Å²) in [6, 6.07) is 9.94. The number of likely N-dealkylation sites (tertiary alicyclic amines) is 1. The number of carbonyl (C=O) groups excluding carboxylic acids is 1. The molecular weight excluding hydrogens is 372 g/mol. The minimum Gasteiger partial charge on any atom is -0.334 e. The molecule has 7 nitrogen and oxygen atoms in total. The fourth-order valence-electron chi connectivity index (χ4n) is 3.04. The fraction of sp³-hybridized carbons (Fsp3) is 0.250. The van der Waals surface area contributed by atoms with E-state index in [0.717, 1.165) is 10.0 Å². The third-order valence-electron chi connectivity index (χ3n) is 4.23. The first kappa shape index (κ1) is 15.2. The second-order valence-corrected chi connectivity index (χ2v) is 6.76. The lowest BCUT2D eigenvalue weighted by molar-refractivity contribution is 0.0777. The molecule has 1 fully saturated rings. The summed E-state index contributed by atoms with van der Waals surface area (Å²) in [5, 5.41) is 4.22. The highest BCUT2D eigenvalue weighted by Gasteiger charge is 2.35. The van der Waals surface area contributed by atoms with Crippen LogP contribution in [0.15, 0.2) is 47.2 Å². The molecule has 0 spiro atoms. The molecule has 24 heavy (non-hydrogen) atoms. The maximum atomic E-state index is 12.7. The van der Waals surface area contributed by atoms with E-state index in [-0.39, 0.29) is 23.7 Å². The molecule has 0 unspecified atom stereocenters. The molecule has 1 aliphatic rings. The van der Waals surface area contributed by atoms with Crippen LogP contribution in [0.2, 0.25) is 0 Å². The zero-order valence-corrected chi connectivity index (χ0v) is 14.3. The van der Waals surface area contributed by atoms with E-state index in [1.54, 1.807) is 17.3 Å². The summed E-state index contributed by atoms with van der Waals surface area (Å²) in [6.07, 6.45) is 3.34. The summed E-state index contributed by atoms with van der Waals surface area (Å²) in [5.74, 6) is 0.441. The van der Waals surface area contributed by atoms with Crippen molar-refractivity contribution >= 4 is 27.6 Å². The van der Waals surface area contributed by atoms with Crippen molar-refractivity contribution in [3.05, 3.63) is 58.6 Å². The minimum atomic E-state index is -0.217. The van der Waals surface area contributed by atoms with E-state index < -0.39 is 0 Å². The van der Waals surface area contributed by atoms with Gasteiger partial charge in [0, 0.05) is 37.4 Å². The lowest BCUT2D eigenvalue weighted by atomic mass is 9.95. The van der Waals surface area contributed by atoms with Gasteiger partial charge in [0.15, 0.2) is 0 Å². The van der Waals surface area contributed by atoms with Crippen LogP contribution in [0.3, 0.4) is 0 Å². The number of hydrogen-bond acceptors (Lipinski definition) is 5. The molecule has 2 atom stereocenters. The van der Waals surface area contributed by atoms with Gasteiger partial charge in [0.1, 0.15) is 0 Å². The molecule has 0 bridgehead atoms. The lowest BCUT2D eigenvalue weighted by Gasteiger charge is -2.14. The third-order valence-corrected chi connectivity index (χ3v) is 4.64. The van der Waals surface area contributed by atoms with Gasteiger partial charge in [0.25, 0.3) is 11.7 Å². The van der Waals surface area contributed by atoms with Gasteiger partial charge in [0.05, 0.1) is 4.47 Å². The first-order chi connectivity index (χ1) is 11.6. The van der Waals surface area contributed by atoms with Crippen LogP contribution in [0.5, 0.6) is 0 Å². The molecule has 0 radical (unpaired) electrons. The first-order valence-corrected chi connectivity index (χ1v) is 8.39. The van der Waals surface area contributed by atoms with Gasteiger partial charge < -0.3 is 10.6 Å². The molecule has 0 aliphatic carbocycles. The Hall–Kier alpha value is -2.32. The van der Waals surface area contributed by atoms with Gasteiger partial charge >= 0.3 is 0 Å². The van der Waals surface area contributed by atoms with Crippen LogP contribution in [0.1, 0.15) is 22.1 Å². The maximum absolute atomic E-state index is 12.7. The number of carbonyl (C=O) groups is 1. The third kappa shape index (κ3) is 2.67. The average molecular weight is 387 g/mol. The Bertz CT molecular complexity index is 896. The Labute approximate surface area is 146 Å². The highest BCUT2D eigenvalue weighted by molar-refractivity contribution is 9.10. The molecule has 1 aliphatic heterocycles. The van der Waals surface area contributed by atoms with E-state index in [1.165, 1.54) is 4.52 Å². The summed E-state index contributed by atoms with van der Waals surface area (Å²) < 4.78 is 2.26. The number of halogens is 1. The predicted octanol–water partition coefficient (Wildman–Crippen LogP) is 1.45. The van der Waals surface area contributed by atoms with Crippen molar-refractivity contribution in [3.8, 4) is 0 Å². The Balaban J connectivity index is 1.58. The van der Waals surface area contributed by atoms with Gasteiger partial charge in [-0.3, -0.25) is 4.79 Å². The number of amides is 1. The number of rotatable bonds is 2. The van der Waals surface area contributed by atoms with E-state index >= 15 is 0 Å². The Morgan fingerprint density at radius 1 is 1.25 bits per heavy atom. The highest BCUT2D eigenvalue weighted by Crippen LogP contribution is 2.27. The second-order valence-electron chi connectivity index (χ2n) is 5.84. The topological polar surface area (TPSA) is 89.4 Å². The standard InChI is InChI=1S/C16H15BrN6O/c17-11-6-19-16-20-14(21-23(16)7-11)15(24)22-8-12(13(18)9-22)10-4-2-1-3-5-10/h1-7,12-13H,8-9,18H2/t12-,13+/m0/s1. The van der Waals surface area contributed by atoms with Crippen LogP contribution in [0.4, 0.5) is 0 Å². The van der Waals surface area contributed by atoms with Crippen molar-refractivity contribution in [1.82, 2.24) is 24.5 Å². The van der Waals surface area contributed by atoms with Crippen molar-refractivity contribution < 1.29 is 4.79 Å². The molecular formula is C16H15BrN6O. The molecule has 1 aromatic carbocycles. The quantitative estimate of drug-likeness (QED) is 0.719. The van der Waals surface area contributed by atoms with E-state index in [9.17, 15) is 4.79 Å². The number of hydrogen-bond donors (Lipinski definition) is 1. The largest absolute Gasteiger partial charge is 0.334 e. The minimum absolute atomic E-state index is 0.0966. The van der Waals surface area contributed by atoms with Gasteiger partial charge in [0.2, 0.25) is 5.82 Å². The number of fused-ring (bicyclic) bond motifs is 1. The zero-order valence-electron chi connectivity index (χ0n) is 12.7. The van der Waals surface area contributed by atoms with E-state index in [2.05, 4.69) is 31.0 Å². The van der Waals surface area contributed by atoms with Gasteiger partial charge in [-0.2, -0.15) is 4.98 Å². The molecule has 1 saturated heterocycles. The zero-order chi connectivity index (χ0) is 16.7. The lowest BCUT2D eigenvalue weighted by Crippen LogP contribution is -2.32. The van der Waals surface area contributed by atoms with Crippen LogP contribution in [-0.4, -0.2) is 49.5 Å². The molecule has 122 valence electrons. The Kier molecular flexibility index (Phi) is 3.78. The molecule has 0 saturated carbocycles. The molecule has 2 aromatic heterocycles. The maximum Gasteiger partial charge on any atom is 0.293 e. The molecule has 8 heteroatoms. The van der Waals surface area contributed by atoms with Crippen LogP contribution < -0.4 is 5.73 Å². The van der Waals surface area contributed by atoms with Crippen LogP contribution >= 0.6 is 15.9 Å². The average Bonchev–Trinajstić information content (AvgIpc) is 3.18. The molecule has 1 amide bonds. The summed E-state index contributed by atoms with van der Waals surface area (Å²) in [4.78, 5) is 22.8. The van der Waals surface area contributed by atoms with E-state index in [1.807, 2.05) is 30.3 Å². The van der Waals surface area contributed by atoms with Gasteiger partial charge in [-0.15, -0.1) is 5.10 Å². The van der Waals surface area contributed by atoms with Crippen molar-refractivity contribution in [2.45, 2.75) is 12.0 Å². The first-order valence-electron chi connectivity index (χ1n) is 7.59. The van der Waals surface area contributed by atoms with Crippen LogP contribution in [0.25, 0.3) is 5.78 Å². The second kappa shape index (κ2) is 5.95. The summed E-state index contributed by atoms with van der Waals surface area (Å²) >= 11 is 3.32. The molecule has 3 aromatic rings. The molecule has 3 heterocycles. The summed E-state index contributed by atoms with van der Waals surface area (Å²) in [6.45, 7) is 1.06. The van der Waals surface area contributed by atoms with Crippen molar-refractivity contribution in [2.75, 3.05) is 13.1 Å². The van der Waals surface area contributed by atoms with Crippen molar-refractivity contribution in [3.63, 3.8) is 0 Å². The fourth-order valence-corrected chi connectivity index (χ4v) is 3.34. The molecule has 2 N–H and O–H groups in total. The van der Waals surface area contributed by atoms with Gasteiger partial charge in [-0.25, -0.2) is 9.50 Å². The monoisotopic (exact) mass is 386 g/mol. The van der Waals surface area contributed by atoms with E-state index in [0.29, 0.717) is 18.9 Å². The van der Waals surface area contributed by atoms with Crippen molar-refractivity contribution in [1.29, 1.82) is 0 Å². The van der Waals surface area contributed by atoms with Gasteiger partial charge in [-0.1, -0.05) is 30.3 Å². The summed E-state index contributed by atoms with van der Waals surface area (Å²) in [7, 11) is 0. The number of nitrogens with two attached hydrogens (primary N) is 1. The van der Waals surface area contributed by atoms with Crippen LogP contribution in [-0.2, 0) is 0 Å². The summed E-state index contributed by atoms with van der Waals surface area (Å²) in [5.41, 5.74) is 7.40. The number of aromatic nitrogens is 4.